The highest BCUT2D eigenvalue weighted by atomic mass is 127. The Hall–Kier alpha value is -1.51. The topological polar surface area (TPSA) is 74.8 Å². The molecule has 6 nitrogen and oxygen atoms in total. The van der Waals surface area contributed by atoms with E-state index in [1.54, 1.807) is 7.05 Å². The van der Waals surface area contributed by atoms with Gasteiger partial charge in [-0.25, -0.2) is 0 Å². The molecule has 0 saturated carbocycles. The van der Waals surface area contributed by atoms with Gasteiger partial charge >= 0.3 is 0 Å². The summed E-state index contributed by atoms with van der Waals surface area (Å²) in [5.41, 5.74) is 0.621. The Labute approximate surface area is 167 Å². The zero-order valence-electron chi connectivity index (χ0n) is 15.4. The summed E-state index contributed by atoms with van der Waals surface area (Å²) in [6.45, 7) is 7.57. The third-order valence-corrected chi connectivity index (χ3v) is 4.14. The maximum atomic E-state index is 12.1. The van der Waals surface area contributed by atoms with Crippen LogP contribution in [0.3, 0.4) is 0 Å². The number of hydrogen-bond donors (Lipinski definition) is 3. The van der Waals surface area contributed by atoms with E-state index in [1.807, 2.05) is 39.0 Å². The Kier molecular flexibility index (Phi) is 8.47. The van der Waals surface area contributed by atoms with Gasteiger partial charge in [0.05, 0.1) is 18.1 Å². The van der Waals surface area contributed by atoms with Crippen molar-refractivity contribution >= 4 is 35.8 Å². The lowest BCUT2D eigenvalue weighted by Gasteiger charge is -2.29. The molecule has 0 saturated heterocycles. The number of rotatable bonds is 5. The molecule has 1 aromatic rings. The smallest absolute Gasteiger partial charge is 0.227 e. The standard InChI is InChI=1S/C18H28N4O2.HI/c1-5-20-16(23)18(2,3)12-21-17(19-4)22-14-10-11-24-15-9-7-6-8-13(14)15;/h6-9,14H,5,10-12H2,1-4H3,(H,20,23)(H2,19,21,22);1H. The van der Waals surface area contributed by atoms with Crippen molar-refractivity contribution in [1.82, 2.24) is 16.0 Å². The number of guanidine groups is 1. The number of nitrogens with one attached hydrogen (secondary N) is 3. The molecular formula is C18H29IN4O2. The number of benzene rings is 1. The van der Waals surface area contributed by atoms with Crippen LogP contribution in [0.4, 0.5) is 0 Å². The van der Waals surface area contributed by atoms with Crippen molar-refractivity contribution in [2.45, 2.75) is 33.2 Å². The van der Waals surface area contributed by atoms with E-state index >= 15 is 0 Å². The number of halogens is 1. The van der Waals surface area contributed by atoms with Crippen LogP contribution in [0.2, 0.25) is 0 Å². The van der Waals surface area contributed by atoms with Crippen LogP contribution in [0.5, 0.6) is 5.75 Å². The molecule has 0 radical (unpaired) electrons. The first-order valence-corrected chi connectivity index (χ1v) is 8.45. The molecule has 7 heteroatoms. The molecule has 3 N–H and O–H groups in total. The SMILES string of the molecule is CCNC(=O)C(C)(C)CNC(=NC)NC1CCOc2ccccc21.I. The van der Waals surface area contributed by atoms with Crippen molar-refractivity contribution in [2.24, 2.45) is 10.4 Å². The van der Waals surface area contributed by atoms with Crippen LogP contribution in [-0.2, 0) is 4.79 Å². The van der Waals surface area contributed by atoms with Crippen molar-refractivity contribution in [1.29, 1.82) is 0 Å². The van der Waals surface area contributed by atoms with Crippen LogP contribution in [0.25, 0.3) is 0 Å². The van der Waals surface area contributed by atoms with E-state index in [4.69, 9.17) is 4.74 Å². The number of nitrogens with zero attached hydrogens (tertiary/aromatic N) is 1. The van der Waals surface area contributed by atoms with Gasteiger partial charge in [0, 0.05) is 32.1 Å². The molecule has 140 valence electrons. The number of ether oxygens (including phenoxy) is 1. The van der Waals surface area contributed by atoms with Crippen LogP contribution in [0.15, 0.2) is 29.3 Å². The zero-order valence-corrected chi connectivity index (χ0v) is 17.7. The molecule has 0 bridgehead atoms. The summed E-state index contributed by atoms with van der Waals surface area (Å²) in [6.07, 6.45) is 0.872. The highest BCUT2D eigenvalue weighted by molar-refractivity contribution is 14.0. The molecule has 0 aromatic heterocycles. The second-order valence-corrected chi connectivity index (χ2v) is 6.54. The molecule has 1 aromatic carbocycles. The zero-order chi connectivity index (χ0) is 17.6. The first-order valence-electron chi connectivity index (χ1n) is 8.45. The third-order valence-electron chi connectivity index (χ3n) is 4.14. The average Bonchev–Trinajstić information content (AvgIpc) is 2.59. The van der Waals surface area contributed by atoms with Crippen LogP contribution in [0, 0.1) is 5.41 Å². The van der Waals surface area contributed by atoms with Gasteiger partial charge < -0.3 is 20.7 Å². The first-order chi connectivity index (χ1) is 11.5. The molecule has 2 rings (SSSR count). The second kappa shape index (κ2) is 9.84. The van der Waals surface area contributed by atoms with Gasteiger partial charge in [0.25, 0.3) is 0 Å². The minimum absolute atomic E-state index is 0. The minimum Gasteiger partial charge on any atom is -0.493 e. The fourth-order valence-corrected chi connectivity index (χ4v) is 2.64. The molecule has 1 amide bonds. The number of amides is 1. The molecule has 0 fully saturated rings. The Morgan fingerprint density at radius 1 is 1.32 bits per heavy atom. The Morgan fingerprint density at radius 3 is 2.72 bits per heavy atom. The Bertz CT molecular complexity index is 604. The van der Waals surface area contributed by atoms with E-state index in [2.05, 4.69) is 27.0 Å². The lowest BCUT2D eigenvalue weighted by atomic mass is 9.92. The summed E-state index contributed by atoms with van der Waals surface area (Å²) in [7, 11) is 1.74. The number of aliphatic imine (C=N–C) groups is 1. The fraction of sp³-hybridized carbons (Fsp3) is 0.556. The summed E-state index contributed by atoms with van der Waals surface area (Å²) in [5, 5.41) is 9.56. The number of carbonyl (C=O) groups is 1. The van der Waals surface area contributed by atoms with E-state index in [-0.39, 0.29) is 35.9 Å². The highest BCUT2D eigenvalue weighted by Crippen LogP contribution is 2.31. The van der Waals surface area contributed by atoms with Crippen LogP contribution in [0.1, 0.15) is 38.8 Å². The van der Waals surface area contributed by atoms with Gasteiger partial charge in [-0.05, 0) is 26.8 Å². The van der Waals surface area contributed by atoms with Crippen LogP contribution in [-0.4, -0.2) is 38.6 Å². The molecule has 0 spiro atoms. The van der Waals surface area contributed by atoms with Crippen molar-refractivity contribution in [3.8, 4) is 5.75 Å². The van der Waals surface area contributed by atoms with Crippen molar-refractivity contribution in [3.05, 3.63) is 29.8 Å². The monoisotopic (exact) mass is 460 g/mol. The average molecular weight is 460 g/mol. The van der Waals surface area contributed by atoms with E-state index in [0.717, 1.165) is 17.7 Å². The first kappa shape index (κ1) is 21.5. The van der Waals surface area contributed by atoms with Gasteiger partial charge in [-0.15, -0.1) is 24.0 Å². The van der Waals surface area contributed by atoms with E-state index in [9.17, 15) is 4.79 Å². The predicted octanol–water partition coefficient (Wildman–Crippen LogP) is 2.46. The van der Waals surface area contributed by atoms with E-state index < -0.39 is 5.41 Å². The van der Waals surface area contributed by atoms with Crippen LogP contribution >= 0.6 is 24.0 Å². The molecule has 1 aliphatic rings. The van der Waals surface area contributed by atoms with E-state index in [1.165, 1.54) is 0 Å². The van der Waals surface area contributed by atoms with Gasteiger partial charge in [-0.2, -0.15) is 0 Å². The highest BCUT2D eigenvalue weighted by Gasteiger charge is 2.28. The molecule has 1 unspecified atom stereocenters. The predicted molar refractivity (Wildman–Crippen MR) is 112 cm³/mol. The fourth-order valence-electron chi connectivity index (χ4n) is 2.64. The van der Waals surface area contributed by atoms with Gasteiger partial charge in [0.1, 0.15) is 5.75 Å². The van der Waals surface area contributed by atoms with Crippen LogP contribution < -0.4 is 20.7 Å². The number of carbonyl (C=O) groups excluding carboxylic acids is 1. The molecule has 25 heavy (non-hydrogen) atoms. The van der Waals surface area contributed by atoms with Gasteiger partial charge in [-0.3, -0.25) is 9.79 Å². The summed E-state index contributed by atoms with van der Waals surface area (Å²) in [4.78, 5) is 16.4. The Balaban J connectivity index is 0.00000312. The van der Waals surface area contributed by atoms with Gasteiger partial charge in [-0.1, -0.05) is 18.2 Å². The lowest BCUT2D eigenvalue weighted by Crippen LogP contribution is -2.48. The van der Waals surface area contributed by atoms with Crippen molar-refractivity contribution in [2.75, 3.05) is 26.7 Å². The summed E-state index contributed by atoms with van der Waals surface area (Å²) >= 11 is 0. The molecule has 1 heterocycles. The number of hydrogen-bond acceptors (Lipinski definition) is 3. The maximum Gasteiger partial charge on any atom is 0.227 e. The molecular weight excluding hydrogens is 431 g/mol. The van der Waals surface area contributed by atoms with Gasteiger partial charge in [0.15, 0.2) is 5.96 Å². The summed E-state index contributed by atoms with van der Waals surface area (Å²) in [5.74, 6) is 1.64. The Morgan fingerprint density at radius 2 is 2.04 bits per heavy atom. The van der Waals surface area contributed by atoms with Gasteiger partial charge in [0.2, 0.25) is 5.91 Å². The maximum absolute atomic E-state index is 12.1. The number of para-hydroxylation sites is 1. The second-order valence-electron chi connectivity index (χ2n) is 6.54. The lowest BCUT2D eigenvalue weighted by molar-refractivity contribution is -0.128. The quantitative estimate of drug-likeness (QED) is 0.359. The molecule has 1 atom stereocenters. The molecule has 0 aliphatic carbocycles. The van der Waals surface area contributed by atoms with Crippen molar-refractivity contribution in [3.63, 3.8) is 0 Å². The minimum atomic E-state index is -0.513. The number of fused-ring (bicyclic) bond motifs is 1. The third kappa shape index (κ3) is 5.76. The summed E-state index contributed by atoms with van der Waals surface area (Å²) in [6, 6.07) is 8.18. The summed E-state index contributed by atoms with van der Waals surface area (Å²) < 4.78 is 5.69. The normalized spacial score (nSPS) is 16.8. The van der Waals surface area contributed by atoms with Crippen molar-refractivity contribution < 1.29 is 9.53 Å². The molecule has 1 aliphatic heterocycles. The largest absolute Gasteiger partial charge is 0.493 e. The van der Waals surface area contributed by atoms with E-state index in [0.29, 0.717) is 25.7 Å².